The molecular formula is C9H8F2IN3. The van der Waals surface area contributed by atoms with E-state index in [0.29, 0.717) is 9.13 Å². The average molecular weight is 323 g/mol. The van der Waals surface area contributed by atoms with Crippen molar-refractivity contribution in [3.05, 3.63) is 26.6 Å². The Labute approximate surface area is 99.4 Å². The van der Waals surface area contributed by atoms with Gasteiger partial charge in [-0.25, -0.2) is 8.78 Å². The van der Waals surface area contributed by atoms with Crippen molar-refractivity contribution in [3.8, 4) is 6.07 Å². The van der Waals surface area contributed by atoms with Gasteiger partial charge in [0.2, 0.25) is 0 Å². The van der Waals surface area contributed by atoms with E-state index in [1.54, 1.807) is 22.6 Å². The lowest BCUT2D eigenvalue weighted by Crippen LogP contribution is -2.09. The van der Waals surface area contributed by atoms with Crippen molar-refractivity contribution in [2.45, 2.75) is 19.4 Å². The van der Waals surface area contributed by atoms with Crippen LogP contribution in [0.3, 0.4) is 0 Å². The van der Waals surface area contributed by atoms with Crippen LogP contribution in [0.15, 0.2) is 6.20 Å². The lowest BCUT2D eigenvalue weighted by Gasteiger charge is -2.10. The Hall–Kier alpha value is -0.810. The zero-order valence-electron chi connectivity index (χ0n) is 7.67. The number of halogens is 3. The van der Waals surface area contributed by atoms with Crippen molar-refractivity contribution >= 4 is 22.6 Å². The predicted molar refractivity (Wildman–Crippen MR) is 59.1 cm³/mol. The van der Waals surface area contributed by atoms with Crippen molar-refractivity contribution in [3.63, 3.8) is 0 Å². The van der Waals surface area contributed by atoms with Crippen molar-refractivity contribution in [1.29, 1.82) is 5.26 Å². The van der Waals surface area contributed by atoms with Gasteiger partial charge in [0.05, 0.1) is 23.7 Å². The number of hydrogen-bond acceptors (Lipinski definition) is 3. The van der Waals surface area contributed by atoms with E-state index in [4.69, 9.17) is 11.0 Å². The highest BCUT2D eigenvalue weighted by Gasteiger charge is 2.19. The molecule has 0 aromatic carbocycles. The fraction of sp³-hybridized carbons (Fsp3) is 0.333. The van der Waals surface area contributed by atoms with Gasteiger partial charge < -0.3 is 5.73 Å². The van der Waals surface area contributed by atoms with Crippen molar-refractivity contribution in [2.75, 3.05) is 0 Å². The van der Waals surface area contributed by atoms with E-state index in [9.17, 15) is 8.78 Å². The number of nitrogens with zero attached hydrogens (tertiary/aromatic N) is 2. The fourth-order valence-electron chi connectivity index (χ4n) is 1.17. The summed E-state index contributed by atoms with van der Waals surface area (Å²) in [5.74, 6) is 0. The molecule has 0 amide bonds. The molecule has 6 heteroatoms. The average Bonchev–Trinajstić information content (AvgIpc) is 2.20. The standard InChI is InChI=1S/C9H8F2IN3/c10-9(11)7-6(3-14)15-4-5(1-2-13)8(7)12/h4,9H,1,3,14H2. The molecule has 1 aromatic heterocycles. The highest BCUT2D eigenvalue weighted by molar-refractivity contribution is 14.1. The molecule has 0 bridgehead atoms. The number of nitrogens with two attached hydrogens (primary N) is 1. The van der Waals surface area contributed by atoms with Gasteiger partial charge in [0.25, 0.3) is 6.43 Å². The lowest BCUT2D eigenvalue weighted by molar-refractivity contribution is 0.148. The molecule has 0 saturated carbocycles. The fourth-order valence-corrected chi connectivity index (χ4v) is 2.05. The summed E-state index contributed by atoms with van der Waals surface area (Å²) in [6.07, 6.45) is -1.10. The molecule has 0 aliphatic heterocycles. The molecule has 80 valence electrons. The van der Waals surface area contributed by atoms with Gasteiger partial charge in [-0.3, -0.25) is 4.98 Å². The van der Waals surface area contributed by atoms with E-state index < -0.39 is 6.43 Å². The van der Waals surface area contributed by atoms with Gasteiger partial charge in [0.15, 0.2) is 0 Å². The monoisotopic (exact) mass is 323 g/mol. The van der Waals surface area contributed by atoms with Crippen LogP contribution in [0.4, 0.5) is 8.78 Å². The van der Waals surface area contributed by atoms with Crippen LogP contribution in [0.2, 0.25) is 0 Å². The van der Waals surface area contributed by atoms with Crippen LogP contribution in [0.1, 0.15) is 23.2 Å². The first-order valence-electron chi connectivity index (χ1n) is 4.13. The Morgan fingerprint density at radius 3 is 2.73 bits per heavy atom. The van der Waals surface area contributed by atoms with Crippen molar-refractivity contribution in [1.82, 2.24) is 4.98 Å². The van der Waals surface area contributed by atoms with Crippen LogP contribution in [-0.4, -0.2) is 4.98 Å². The first-order chi connectivity index (χ1) is 7.11. The second-order valence-electron chi connectivity index (χ2n) is 2.80. The number of rotatable bonds is 3. The van der Waals surface area contributed by atoms with Crippen LogP contribution >= 0.6 is 22.6 Å². The van der Waals surface area contributed by atoms with E-state index in [2.05, 4.69) is 4.98 Å². The molecule has 0 aliphatic carbocycles. The van der Waals surface area contributed by atoms with Gasteiger partial charge in [-0.15, -0.1) is 0 Å². The van der Waals surface area contributed by atoms with Crippen LogP contribution in [0.5, 0.6) is 0 Å². The number of pyridine rings is 1. The molecule has 0 saturated heterocycles. The molecule has 1 rings (SSSR count). The van der Waals surface area contributed by atoms with Crippen molar-refractivity contribution < 1.29 is 8.78 Å². The number of nitriles is 1. The van der Waals surface area contributed by atoms with E-state index in [1.807, 2.05) is 6.07 Å². The third kappa shape index (κ3) is 2.60. The van der Waals surface area contributed by atoms with E-state index >= 15 is 0 Å². The summed E-state index contributed by atoms with van der Waals surface area (Å²) < 4.78 is 25.8. The van der Waals surface area contributed by atoms with E-state index in [0.717, 1.165) is 0 Å². The highest BCUT2D eigenvalue weighted by atomic mass is 127. The third-order valence-corrected chi connectivity index (χ3v) is 3.16. The summed E-state index contributed by atoms with van der Waals surface area (Å²) in [7, 11) is 0. The third-order valence-electron chi connectivity index (χ3n) is 1.89. The van der Waals surface area contributed by atoms with Crippen LogP contribution in [0, 0.1) is 14.9 Å². The Morgan fingerprint density at radius 2 is 2.27 bits per heavy atom. The van der Waals surface area contributed by atoms with E-state index in [-0.39, 0.29) is 24.2 Å². The zero-order valence-corrected chi connectivity index (χ0v) is 9.83. The lowest BCUT2D eigenvalue weighted by atomic mass is 10.1. The molecule has 3 nitrogen and oxygen atoms in total. The Bertz CT molecular complexity index is 401. The van der Waals surface area contributed by atoms with Gasteiger partial charge >= 0.3 is 0 Å². The number of alkyl halides is 2. The highest BCUT2D eigenvalue weighted by Crippen LogP contribution is 2.29. The molecule has 0 unspecified atom stereocenters. The molecule has 0 aliphatic rings. The Morgan fingerprint density at radius 1 is 1.60 bits per heavy atom. The molecule has 1 heterocycles. The van der Waals surface area contributed by atoms with Gasteiger partial charge in [-0.2, -0.15) is 5.26 Å². The Balaban J connectivity index is 3.30. The summed E-state index contributed by atoms with van der Waals surface area (Å²) in [6.45, 7) is -0.0253. The molecule has 0 fully saturated rings. The van der Waals surface area contributed by atoms with Gasteiger partial charge in [0, 0.05) is 16.3 Å². The largest absolute Gasteiger partial charge is 0.325 e. The first-order valence-corrected chi connectivity index (χ1v) is 5.21. The van der Waals surface area contributed by atoms with Crippen molar-refractivity contribution in [2.24, 2.45) is 5.73 Å². The predicted octanol–water partition coefficient (Wildman–Crippen LogP) is 2.15. The summed E-state index contributed by atoms with van der Waals surface area (Å²) >= 11 is 1.80. The number of hydrogen-bond donors (Lipinski definition) is 1. The summed E-state index contributed by atoms with van der Waals surface area (Å²) in [5, 5.41) is 8.51. The molecule has 15 heavy (non-hydrogen) atoms. The van der Waals surface area contributed by atoms with Crippen LogP contribution < -0.4 is 5.73 Å². The zero-order chi connectivity index (χ0) is 11.4. The smallest absolute Gasteiger partial charge is 0.266 e. The van der Waals surface area contributed by atoms with Crippen LogP contribution in [0.25, 0.3) is 0 Å². The quantitative estimate of drug-likeness (QED) is 0.867. The van der Waals surface area contributed by atoms with E-state index in [1.165, 1.54) is 6.20 Å². The second kappa shape index (κ2) is 5.32. The maximum absolute atomic E-state index is 12.7. The molecular weight excluding hydrogens is 315 g/mol. The number of aromatic nitrogens is 1. The minimum absolute atomic E-state index is 0.0253. The summed E-state index contributed by atoms with van der Waals surface area (Å²) in [5.41, 5.74) is 5.88. The maximum Gasteiger partial charge on any atom is 0.266 e. The Kier molecular flexibility index (Phi) is 4.35. The SMILES string of the molecule is N#CCc1cnc(CN)c(C(F)F)c1I. The topological polar surface area (TPSA) is 62.7 Å². The molecule has 2 N–H and O–H groups in total. The molecule has 0 atom stereocenters. The molecule has 1 aromatic rings. The normalized spacial score (nSPS) is 10.4. The maximum atomic E-state index is 12.7. The molecule has 0 spiro atoms. The second-order valence-corrected chi connectivity index (χ2v) is 3.88. The summed E-state index contributed by atoms with van der Waals surface area (Å²) in [4.78, 5) is 3.84. The van der Waals surface area contributed by atoms with Crippen LogP contribution in [-0.2, 0) is 13.0 Å². The van der Waals surface area contributed by atoms with Gasteiger partial charge in [-0.05, 0) is 28.2 Å². The minimum Gasteiger partial charge on any atom is -0.325 e. The summed E-state index contributed by atoms with van der Waals surface area (Å²) in [6, 6.07) is 1.91. The van der Waals surface area contributed by atoms with Gasteiger partial charge in [-0.1, -0.05) is 0 Å². The van der Waals surface area contributed by atoms with Gasteiger partial charge in [0.1, 0.15) is 0 Å². The first kappa shape index (κ1) is 12.3. The minimum atomic E-state index is -2.61. The molecule has 0 radical (unpaired) electrons.